The van der Waals surface area contributed by atoms with E-state index in [2.05, 4.69) is 53.7 Å². The van der Waals surface area contributed by atoms with Crippen molar-refractivity contribution in [3.63, 3.8) is 0 Å². The zero-order valence-electron chi connectivity index (χ0n) is 41.2. The van der Waals surface area contributed by atoms with Gasteiger partial charge in [0.25, 0.3) is 0 Å². The van der Waals surface area contributed by atoms with Crippen LogP contribution in [0.25, 0.3) is 0 Å². The number of benzene rings is 6. The van der Waals surface area contributed by atoms with Crippen molar-refractivity contribution in [1.82, 2.24) is 0 Å². The van der Waals surface area contributed by atoms with Crippen LogP contribution >= 0.6 is 0 Å². The van der Waals surface area contributed by atoms with Gasteiger partial charge in [0.15, 0.2) is 11.2 Å². The maximum absolute atomic E-state index is 16.3. The average Bonchev–Trinajstić information content (AvgIpc) is 4.14. The molecule has 8 atom stereocenters. The number of ketones is 2. The van der Waals surface area contributed by atoms with Gasteiger partial charge in [-0.2, -0.15) is 0 Å². The number of hydrogen-bond donors (Lipinski definition) is 0. The van der Waals surface area contributed by atoms with E-state index in [0.29, 0.717) is 22.6 Å². The fraction of sp³-hybridized carbons (Fsp3) is 0.323. The lowest BCUT2D eigenvalue weighted by Gasteiger charge is -2.51. The first kappa shape index (κ1) is 45.0. The van der Waals surface area contributed by atoms with Gasteiger partial charge in [0, 0.05) is 36.8 Å². The lowest BCUT2D eigenvalue weighted by Crippen LogP contribution is -2.65. The van der Waals surface area contributed by atoms with Crippen molar-refractivity contribution < 1.29 is 37.5 Å². The second-order valence-corrected chi connectivity index (χ2v) is 23.0. The van der Waals surface area contributed by atoms with Crippen molar-refractivity contribution in [2.24, 2.45) is 22.7 Å². The molecule has 0 radical (unpaired) electrons. The monoisotopic (exact) mass is 962 g/mol. The van der Waals surface area contributed by atoms with Crippen LogP contribution in [0.5, 0.6) is 11.5 Å². The molecule has 13 rings (SSSR count). The van der Waals surface area contributed by atoms with Crippen molar-refractivity contribution in [1.29, 1.82) is 0 Å². The first-order valence-corrected chi connectivity index (χ1v) is 25.2. The van der Waals surface area contributed by atoms with E-state index in [1.54, 1.807) is 24.3 Å². The Hall–Kier alpha value is -6.88. The van der Waals surface area contributed by atoms with Crippen molar-refractivity contribution in [3.05, 3.63) is 214 Å². The molecule has 5 aliphatic heterocycles. The van der Waals surface area contributed by atoms with Crippen molar-refractivity contribution in [3.8, 4) is 11.5 Å². The van der Waals surface area contributed by atoms with Gasteiger partial charge in [-0.1, -0.05) is 139 Å². The summed E-state index contributed by atoms with van der Waals surface area (Å²) >= 11 is 0. The van der Waals surface area contributed by atoms with Crippen LogP contribution in [0, 0.1) is 34.3 Å². The molecule has 6 aromatic rings. The highest BCUT2D eigenvalue weighted by atomic mass is 19.1. The molecule has 8 nitrogen and oxygen atoms in total. The average molecular weight is 963 g/mol. The molecule has 10 heteroatoms. The van der Waals surface area contributed by atoms with E-state index in [1.165, 1.54) is 24.3 Å². The van der Waals surface area contributed by atoms with Crippen LogP contribution in [0.4, 0.5) is 20.2 Å². The Morgan fingerprint density at radius 1 is 0.472 bits per heavy atom. The Morgan fingerprint density at radius 2 is 0.833 bits per heavy atom. The highest BCUT2D eigenvalue weighted by Gasteiger charge is 2.75. The van der Waals surface area contributed by atoms with Gasteiger partial charge in [-0.05, 0) is 105 Å². The maximum atomic E-state index is 16.3. The molecule has 0 aromatic heterocycles. The molecular weight excluding hydrogens is 907 g/mol. The number of fused-ring (bicyclic) bond motifs is 4. The summed E-state index contributed by atoms with van der Waals surface area (Å²) in [4.78, 5) is 47.8. The van der Waals surface area contributed by atoms with Crippen molar-refractivity contribution in [2.75, 3.05) is 10.1 Å². The summed E-state index contributed by atoms with van der Waals surface area (Å²) in [5, 5.41) is 3.83. The molecule has 2 spiro atoms. The van der Waals surface area contributed by atoms with Gasteiger partial charge in [-0.25, -0.2) is 18.9 Å². The topological polar surface area (TPSA) is 77.5 Å². The third kappa shape index (κ3) is 6.14. The number of nitrogens with zero attached hydrogens (tertiary/aromatic N) is 2. The summed E-state index contributed by atoms with van der Waals surface area (Å²) in [5.41, 5.74) is 0.745. The number of hydrogen-bond acceptors (Lipinski definition) is 8. The fourth-order valence-electron chi connectivity index (χ4n) is 13.8. The van der Waals surface area contributed by atoms with Gasteiger partial charge >= 0.3 is 0 Å². The van der Waals surface area contributed by atoms with E-state index in [1.807, 2.05) is 107 Å². The number of halogens is 2. The molecule has 0 amide bonds. The number of ether oxygens (including phenoxy) is 2. The predicted molar refractivity (Wildman–Crippen MR) is 270 cm³/mol. The second-order valence-electron chi connectivity index (χ2n) is 23.0. The maximum Gasteiger partial charge on any atom is 0.203 e. The molecule has 8 unspecified atom stereocenters. The number of rotatable bonds is 4. The van der Waals surface area contributed by atoms with Crippen molar-refractivity contribution >= 4 is 22.9 Å². The van der Waals surface area contributed by atoms with Crippen molar-refractivity contribution in [2.45, 2.75) is 102 Å². The standard InChI is InChI=1S/C62H56F2N2O6/c1-57(2,3)61-35-43-31-39-15-13-18-42-34-60(70-52(39)42)54-50(38-25-29-46(64)30-26-38)66(48-21-11-8-12-22-48)72-62(54,58(4,5)6)36-44(56(60)68)32-40-16-14-17-41-33-59(55(43)67,69-51(40)41)53(61)49(37-23-27-45(63)28-24-37)65(71-61)47-19-9-7-10-20-47/h7-30,35-36,49-50,53-54H,31-34H2,1-6H3. The van der Waals surface area contributed by atoms with Crippen LogP contribution < -0.4 is 19.6 Å². The second kappa shape index (κ2) is 15.3. The third-order valence-corrected chi connectivity index (χ3v) is 17.1. The van der Waals surface area contributed by atoms with E-state index in [-0.39, 0.29) is 48.9 Å². The van der Waals surface area contributed by atoms with E-state index < -0.39 is 57.2 Å². The summed E-state index contributed by atoms with van der Waals surface area (Å²) in [6.07, 6.45) is 4.90. The smallest absolute Gasteiger partial charge is 0.203 e. The van der Waals surface area contributed by atoms with Gasteiger partial charge < -0.3 is 9.47 Å². The van der Waals surface area contributed by atoms with E-state index >= 15 is 9.59 Å². The minimum atomic E-state index is -1.51. The Labute approximate surface area is 418 Å². The summed E-state index contributed by atoms with van der Waals surface area (Å²) in [7, 11) is 0. The number of carbonyl (C=O) groups is 2. The molecule has 364 valence electrons. The number of carbonyl (C=O) groups excluding carboxylic acids is 2. The molecule has 7 aliphatic rings. The van der Waals surface area contributed by atoms with Crippen LogP contribution in [0.2, 0.25) is 0 Å². The molecule has 0 N–H and O–H groups in total. The van der Waals surface area contributed by atoms with E-state index in [9.17, 15) is 8.78 Å². The van der Waals surface area contributed by atoms with E-state index in [0.717, 1.165) is 44.8 Å². The van der Waals surface area contributed by atoms with E-state index in [4.69, 9.17) is 19.1 Å². The normalized spacial score (nSPS) is 29.9. The molecule has 5 heterocycles. The largest absolute Gasteiger partial charge is 0.478 e. The van der Waals surface area contributed by atoms with Crippen LogP contribution in [0.3, 0.4) is 0 Å². The van der Waals surface area contributed by atoms with Crippen LogP contribution in [0.1, 0.15) is 87.0 Å². The molecule has 0 saturated carbocycles. The highest BCUT2D eigenvalue weighted by molar-refractivity contribution is 6.07. The molecular formula is C62H56F2N2O6. The van der Waals surface area contributed by atoms with Gasteiger partial charge in [-0.3, -0.25) is 19.3 Å². The quantitative estimate of drug-likeness (QED) is 0.173. The Kier molecular flexibility index (Phi) is 9.58. The summed E-state index contributed by atoms with van der Waals surface area (Å²) in [6, 6.07) is 43.5. The lowest BCUT2D eigenvalue weighted by molar-refractivity contribution is -0.155. The number of hydroxylamine groups is 2. The Morgan fingerprint density at radius 3 is 1.19 bits per heavy atom. The first-order valence-electron chi connectivity index (χ1n) is 25.2. The van der Waals surface area contributed by atoms with Gasteiger partial charge in [0.1, 0.15) is 34.3 Å². The highest BCUT2D eigenvalue weighted by Crippen LogP contribution is 2.67. The van der Waals surface area contributed by atoms with Gasteiger partial charge in [0.2, 0.25) is 11.6 Å². The summed E-state index contributed by atoms with van der Waals surface area (Å²) in [5.74, 6) is -1.23. The minimum absolute atomic E-state index is 0.149. The van der Waals surface area contributed by atoms with Gasteiger partial charge in [0.05, 0.1) is 35.3 Å². The lowest BCUT2D eigenvalue weighted by atomic mass is 9.55. The molecule has 2 fully saturated rings. The molecule has 6 aromatic carbocycles. The van der Waals surface area contributed by atoms with Crippen LogP contribution in [0.15, 0.2) is 169 Å². The summed E-state index contributed by atoms with van der Waals surface area (Å²) in [6.45, 7) is 12.9. The summed E-state index contributed by atoms with van der Waals surface area (Å²) < 4.78 is 45.0. The minimum Gasteiger partial charge on any atom is -0.478 e. The molecule has 2 aliphatic carbocycles. The third-order valence-electron chi connectivity index (χ3n) is 17.1. The van der Waals surface area contributed by atoms with Gasteiger partial charge in [-0.15, -0.1) is 0 Å². The van der Waals surface area contributed by atoms with Crippen LogP contribution in [-0.4, -0.2) is 34.0 Å². The molecule has 6 bridgehead atoms. The number of Topliss-reactive ketones (excluding diaryl/α,β-unsaturated/α-hetero) is 2. The zero-order valence-corrected chi connectivity index (χ0v) is 41.2. The number of para-hydroxylation sites is 4. The Bertz CT molecular complexity index is 3070. The predicted octanol–water partition coefficient (Wildman–Crippen LogP) is 12.3. The number of anilines is 2. The molecule has 72 heavy (non-hydrogen) atoms. The Balaban J connectivity index is 1.07. The van der Waals surface area contributed by atoms with Crippen LogP contribution in [-0.2, 0) is 44.9 Å². The first-order chi connectivity index (χ1) is 34.5. The molecule has 2 saturated heterocycles. The fourth-order valence-corrected chi connectivity index (χ4v) is 13.8. The SMILES string of the molecule is CC(C)(C)C12C=C3Cc4cccc5c4OC4(C5)C(=O)C(=CC5(C(C)(C)C)ON(c6ccccc6)C(c6ccc(F)cc6)C45)Cc4cccc5c4OC(C5)(C3=O)C1C(c1ccc(F)cc1)N(c1ccccc1)O2. The zero-order chi connectivity index (χ0) is 49.7.